The number of rotatable bonds is 8. The molecule has 0 atom stereocenters. The van der Waals surface area contributed by atoms with E-state index in [0.29, 0.717) is 0 Å². The van der Waals surface area contributed by atoms with Crippen LogP contribution in [0.1, 0.15) is 47.2 Å². The second-order valence-electron chi connectivity index (χ2n) is 15.3. The van der Waals surface area contributed by atoms with Crippen LogP contribution in [0.15, 0.2) is 182 Å². The van der Waals surface area contributed by atoms with Crippen molar-refractivity contribution in [2.24, 2.45) is 0 Å². The van der Waals surface area contributed by atoms with Crippen molar-refractivity contribution in [2.75, 3.05) is 9.80 Å². The van der Waals surface area contributed by atoms with Crippen LogP contribution in [0.2, 0.25) is 0 Å². The fraction of sp³-hybridized carbons (Fsp3) is 0.0943. The van der Waals surface area contributed by atoms with E-state index in [2.05, 4.69) is 232 Å². The minimum atomic E-state index is -0.165. The summed E-state index contributed by atoms with van der Waals surface area (Å²) in [6, 6.07) is 66.2. The maximum absolute atomic E-state index is 2.42. The first-order valence-electron chi connectivity index (χ1n) is 19.2. The number of hydrogen-bond donors (Lipinski definition) is 0. The van der Waals surface area contributed by atoms with Gasteiger partial charge in [0, 0.05) is 39.5 Å². The van der Waals surface area contributed by atoms with Crippen LogP contribution < -0.4 is 9.80 Å². The average molecular weight is 709 g/mol. The molecule has 0 radical (unpaired) electrons. The van der Waals surface area contributed by atoms with Crippen LogP contribution in [-0.4, -0.2) is 0 Å². The minimum Gasteiger partial charge on any atom is -0.311 e. The number of anilines is 6. The Morgan fingerprint density at radius 2 is 0.836 bits per heavy atom. The Hall–Kier alpha value is -6.64. The number of para-hydroxylation sites is 2. The van der Waals surface area contributed by atoms with Gasteiger partial charge in [-0.15, -0.1) is 0 Å². The fourth-order valence-electron chi connectivity index (χ4n) is 8.36. The molecular weight excluding hydrogens is 665 g/mol. The molecule has 0 aromatic heterocycles. The standard InChI is InChI=1S/C53H44N2/c1-37-31-38(2)33-48(32-37)55(46-27-24-41-13-11-12-14-42(41)35-46)47-28-30-50-49-29-23-40(34-51(49)53(3,4)52(50)36-47)20-19-39-21-25-45(26-22-39)54(43-15-7-5-8-16-43)44-17-9-6-10-18-44/h5-36H,1-4H3/b20-19+. The fourth-order valence-corrected chi connectivity index (χ4v) is 8.36. The zero-order valence-corrected chi connectivity index (χ0v) is 31.9. The van der Waals surface area contributed by atoms with Gasteiger partial charge in [-0.2, -0.15) is 0 Å². The van der Waals surface area contributed by atoms with Gasteiger partial charge in [0.2, 0.25) is 0 Å². The molecule has 0 aliphatic heterocycles. The molecule has 8 aromatic carbocycles. The molecule has 2 nitrogen and oxygen atoms in total. The monoisotopic (exact) mass is 708 g/mol. The summed E-state index contributed by atoms with van der Waals surface area (Å²) >= 11 is 0. The highest BCUT2D eigenvalue weighted by Gasteiger charge is 2.36. The summed E-state index contributed by atoms with van der Waals surface area (Å²) in [5.74, 6) is 0. The third-order valence-corrected chi connectivity index (χ3v) is 11.0. The van der Waals surface area contributed by atoms with E-state index in [4.69, 9.17) is 0 Å². The van der Waals surface area contributed by atoms with Gasteiger partial charge in [0.05, 0.1) is 0 Å². The van der Waals surface area contributed by atoms with E-state index < -0.39 is 0 Å². The lowest BCUT2D eigenvalue weighted by molar-refractivity contribution is 0.660. The molecule has 0 bridgehead atoms. The first kappa shape index (κ1) is 34.1. The van der Waals surface area contributed by atoms with Crippen LogP contribution in [0.25, 0.3) is 34.1 Å². The van der Waals surface area contributed by atoms with Gasteiger partial charge in [-0.05, 0) is 142 Å². The summed E-state index contributed by atoms with van der Waals surface area (Å²) in [6.07, 6.45) is 4.47. The zero-order chi connectivity index (χ0) is 37.5. The van der Waals surface area contributed by atoms with E-state index in [0.717, 1.165) is 28.3 Å². The average Bonchev–Trinajstić information content (AvgIpc) is 3.43. The lowest BCUT2D eigenvalue weighted by Gasteiger charge is -2.29. The number of nitrogens with zero attached hydrogens (tertiary/aromatic N) is 2. The Morgan fingerprint density at radius 3 is 1.51 bits per heavy atom. The second kappa shape index (κ2) is 14.0. The Bertz CT molecular complexity index is 2630. The molecule has 0 spiro atoms. The van der Waals surface area contributed by atoms with Crippen molar-refractivity contribution in [3.05, 3.63) is 215 Å². The highest BCUT2D eigenvalue weighted by atomic mass is 15.1. The quantitative estimate of drug-likeness (QED) is 0.145. The lowest BCUT2D eigenvalue weighted by atomic mass is 9.81. The molecule has 0 N–H and O–H groups in total. The molecule has 55 heavy (non-hydrogen) atoms. The SMILES string of the molecule is Cc1cc(C)cc(N(c2ccc3c(c2)C(C)(C)c2cc(/C=C/c4ccc(N(c5ccccc5)c5ccccc5)cc4)ccc2-3)c2ccc3ccccc3c2)c1. The van der Waals surface area contributed by atoms with Crippen molar-refractivity contribution in [1.29, 1.82) is 0 Å². The Morgan fingerprint density at radius 1 is 0.364 bits per heavy atom. The molecule has 0 heterocycles. The minimum absolute atomic E-state index is 0.165. The molecule has 0 fully saturated rings. The largest absolute Gasteiger partial charge is 0.311 e. The molecule has 0 saturated carbocycles. The van der Waals surface area contributed by atoms with Crippen molar-refractivity contribution in [1.82, 2.24) is 0 Å². The van der Waals surface area contributed by atoms with E-state index >= 15 is 0 Å². The van der Waals surface area contributed by atoms with Crippen LogP contribution in [-0.2, 0) is 5.41 Å². The van der Waals surface area contributed by atoms with Crippen molar-refractivity contribution < 1.29 is 0 Å². The van der Waals surface area contributed by atoms with Crippen molar-refractivity contribution in [3.63, 3.8) is 0 Å². The van der Waals surface area contributed by atoms with E-state index in [9.17, 15) is 0 Å². The maximum Gasteiger partial charge on any atom is 0.0468 e. The summed E-state index contributed by atoms with van der Waals surface area (Å²) in [4.78, 5) is 4.71. The van der Waals surface area contributed by atoms with Gasteiger partial charge in [-0.1, -0.05) is 135 Å². The second-order valence-corrected chi connectivity index (χ2v) is 15.3. The van der Waals surface area contributed by atoms with Crippen LogP contribution in [0.4, 0.5) is 34.1 Å². The highest BCUT2D eigenvalue weighted by molar-refractivity contribution is 5.91. The van der Waals surface area contributed by atoms with Crippen LogP contribution in [0.5, 0.6) is 0 Å². The zero-order valence-electron chi connectivity index (χ0n) is 31.9. The summed E-state index contributed by atoms with van der Waals surface area (Å²) in [6.45, 7) is 9.11. The molecule has 8 aromatic rings. The molecule has 1 aliphatic rings. The summed E-state index contributed by atoms with van der Waals surface area (Å²) in [5, 5.41) is 2.48. The molecule has 2 heteroatoms. The smallest absolute Gasteiger partial charge is 0.0468 e. The van der Waals surface area contributed by atoms with Crippen molar-refractivity contribution >= 4 is 57.0 Å². The third kappa shape index (κ3) is 6.51. The molecule has 9 rings (SSSR count). The predicted molar refractivity (Wildman–Crippen MR) is 236 cm³/mol. The normalized spacial score (nSPS) is 12.8. The molecule has 0 unspecified atom stereocenters. The molecule has 266 valence electrons. The van der Waals surface area contributed by atoms with Gasteiger partial charge in [-0.3, -0.25) is 0 Å². The summed E-state index contributed by atoms with van der Waals surface area (Å²) in [5.41, 5.74) is 17.0. The van der Waals surface area contributed by atoms with Crippen LogP contribution in [0.3, 0.4) is 0 Å². The first-order valence-corrected chi connectivity index (χ1v) is 19.2. The summed E-state index contributed by atoms with van der Waals surface area (Å²) in [7, 11) is 0. The molecule has 0 amide bonds. The van der Waals surface area contributed by atoms with Gasteiger partial charge in [0.1, 0.15) is 0 Å². The Kier molecular flexibility index (Phi) is 8.67. The third-order valence-electron chi connectivity index (χ3n) is 11.0. The van der Waals surface area contributed by atoms with Gasteiger partial charge in [0.15, 0.2) is 0 Å². The Balaban J connectivity index is 1.02. The molecule has 0 saturated heterocycles. The summed E-state index contributed by atoms with van der Waals surface area (Å²) < 4.78 is 0. The van der Waals surface area contributed by atoms with E-state index in [1.165, 1.54) is 61.1 Å². The number of benzene rings is 8. The number of aryl methyl sites for hydroxylation is 2. The molecule has 1 aliphatic carbocycles. The van der Waals surface area contributed by atoms with Gasteiger partial charge < -0.3 is 9.80 Å². The van der Waals surface area contributed by atoms with Crippen molar-refractivity contribution in [2.45, 2.75) is 33.1 Å². The van der Waals surface area contributed by atoms with E-state index in [-0.39, 0.29) is 5.41 Å². The van der Waals surface area contributed by atoms with Crippen LogP contribution >= 0.6 is 0 Å². The van der Waals surface area contributed by atoms with Gasteiger partial charge in [-0.25, -0.2) is 0 Å². The maximum atomic E-state index is 2.42. The lowest BCUT2D eigenvalue weighted by Crippen LogP contribution is -2.17. The Labute approximate surface area is 325 Å². The number of fused-ring (bicyclic) bond motifs is 4. The van der Waals surface area contributed by atoms with Crippen molar-refractivity contribution in [3.8, 4) is 11.1 Å². The highest BCUT2D eigenvalue weighted by Crippen LogP contribution is 2.51. The topological polar surface area (TPSA) is 6.48 Å². The first-order chi connectivity index (χ1) is 26.8. The van der Waals surface area contributed by atoms with Gasteiger partial charge in [0.25, 0.3) is 0 Å². The van der Waals surface area contributed by atoms with Gasteiger partial charge >= 0.3 is 0 Å². The predicted octanol–water partition coefficient (Wildman–Crippen LogP) is 14.9. The number of hydrogen-bond acceptors (Lipinski definition) is 2. The van der Waals surface area contributed by atoms with E-state index in [1.54, 1.807) is 0 Å². The van der Waals surface area contributed by atoms with Crippen LogP contribution in [0, 0.1) is 13.8 Å². The molecular formula is C53H44N2. The van der Waals surface area contributed by atoms with E-state index in [1.807, 2.05) is 0 Å².